The summed E-state index contributed by atoms with van der Waals surface area (Å²) in [4.78, 5) is 9.69. The van der Waals surface area contributed by atoms with E-state index in [1.807, 2.05) is 6.20 Å². The second-order valence-electron chi connectivity index (χ2n) is 5.48. The third-order valence-corrected chi connectivity index (χ3v) is 4.66. The Morgan fingerprint density at radius 2 is 2.17 bits per heavy atom. The fourth-order valence-electron chi connectivity index (χ4n) is 3.21. The van der Waals surface area contributed by atoms with Crippen LogP contribution in [0, 0.1) is 0 Å². The van der Waals surface area contributed by atoms with E-state index in [2.05, 4.69) is 49.8 Å². The fourth-order valence-corrected chi connectivity index (χ4v) is 3.44. The summed E-state index contributed by atoms with van der Waals surface area (Å²) in [6.07, 6.45) is 6.01. The second kappa shape index (κ2) is 5.17. The molecule has 1 aromatic rings. The van der Waals surface area contributed by atoms with E-state index < -0.39 is 0 Å². The monoisotopic (exact) mass is 309 g/mol. The first kappa shape index (κ1) is 12.4. The van der Waals surface area contributed by atoms with Gasteiger partial charge in [0.1, 0.15) is 5.82 Å². The summed E-state index contributed by atoms with van der Waals surface area (Å²) in [5.41, 5.74) is 0. The molecule has 18 heavy (non-hydrogen) atoms. The van der Waals surface area contributed by atoms with Crippen molar-refractivity contribution in [1.29, 1.82) is 0 Å². The smallest absolute Gasteiger partial charge is 0.128 e. The predicted octanol–water partition coefficient (Wildman–Crippen LogP) is 2.91. The number of rotatable bonds is 1. The van der Waals surface area contributed by atoms with E-state index >= 15 is 0 Å². The Balaban J connectivity index is 1.77. The van der Waals surface area contributed by atoms with Crippen LogP contribution in [0.3, 0.4) is 0 Å². The van der Waals surface area contributed by atoms with Crippen molar-refractivity contribution >= 4 is 21.7 Å². The Kier molecular flexibility index (Phi) is 3.57. The van der Waals surface area contributed by atoms with Crippen LogP contribution >= 0.6 is 15.9 Å². The van der Waals surface area contributed by atoms with Crippen molar-refractivity contribution in [3.8, 4) is 0 Å². The molecule has 3 rings (SSSR count). The minimum atomic E-state index is 0.563. The van der Waals surface area contributed by atoms with Crippen LogP contribution in [-0.2, 0) is 0 Å². The standard InChI is InChI=1S/C14H20BrN3/c1-11-9-17-7-3-2-4-13(17)10-18(11)14-6-5-12(15)8-16-14/h5-6,8,11,13H,2-4,7,9-10H2,1H3. The van der Waals surface area contributed by atoms with E-state index in [9.17, 15) is 0 Å². The Labute approximate surface area is 117 Å². The van der Waals surface area contributed by atoms with Gasteiger partial charge in [0.25, 0.3) is 0 Å². The maximum absolute atomic E-state index is 4.55. The van der Waals surface area contributed by atoms with Crippen LogP contribution in [-0.4, -0.2) is 41.6 Å². The van der Waals surface area contributed by atoms with Crippen molar-refractivity contribution in [3.63, 3.8) is 0 Å². The molecule has 0 aromatic carbocycles. The first-order valence-corrected chi connectivity index (χ1v) is 7.65. The van der Waals surface area contributed by atoms with Crippen molar-refractivity contribution in [2.45, 2.75) is 38.3 Å². The molecular formula is C14H20BrN3. The van der Waals surface area contributed by atoms with E-state index in [1.165, 1.54) is 32.4 Å². The van der Waals surface area contributed by atoms with Crippen molar-refractivity contribution in [1.82, 2.24) is 9.88 Å². The Bertz CT molecular complexity index is 406. The highest BCUT2D eigenvalue weighted by Gasteiger charge is 2.33. The van der Waals surface area contributed by atoms with E-state index in [0.29, 0.717) is 6.04 Å². The third kappa shape index (κ3) is 2.41. The van der Waals surface area contributed by atoms with Crippen molar-refractivity contribution < 1.29 is 0 Å². The molecular weight excluding hydrogens is 290 g/mol. The number of hydrogen-bond acceptors (Lipinski definition) is 3. The highest BCUT2D eigenvalue weighted by atomic mass is 79.9. The second-order valence-corrected chi connectivity index (χ2v) is 6.40. The zero-order chi connectivity index (χ0) is 12.5. The molecule has 2 saturated heterocycles. The van der Waals surface area contributed by atoms with Gasteiger partial charge in [-0.3, -0.25) is 4.90 Å². The molecule has 2 aliphatic rings. The lowest BCUT2D eigenvalue weighted by atomic mass is 9.97. The number of fused-ring (bicyclic) bond motifs is 1. The Morgan fingerprint density at radius 1 is 1.28 bits per heavy atom. The number of piperidine rings is 1. The van der Waals surface area contributed by atoms with Crippen LogP contribution in [0.15, 0.2) is 22.8 Å². The highest BCUT2D eigenvalue weighted by Crippen LogP contribution is 2.27. The summed E-state index contributed by atoms with van der Waals surface area (Å²) < 4.78 is 1.05. The summed E-state index contributed by atoms with van der Waals surface area (Å²) in [7, 11) is 0. The van der Waals surface area contributed by atoms with Gasteiger partial charge in [0.15, 0.2) is 0 Å². The van der Waals surface area contributed by atoms with E-state index in [0.717, 1.165) is 22.9 Å². The minimum absolute atomic E-state index is 0.563. The van der Waals surface area contributed by atoms with Crippen molar-refractivity contribution in [2.24, 2.45) is 0 Å². The Hall–Kier alpha value is -0.610. The number of halogens is 1. The summed E-state index contributed by atoms with van der Waals surface area (Å²) >= 11 is 3.45. The third-order valence-electron chi connectivity index (χ3n) is 4.19. The fraction of sp³-hybridized carbons (Fsp3) is 0.643. The topological polar surface area (TPSA) is 19.4 Å². The number of aromatic nitrogens is 1. The first-order chi connectivity index (χ1) is 8.74. The van der Waals surface area contributed by atoms with Gasteiger partial charge in [0, 0.05) is 35.8 Å². The number of pyridine rings is 1. The number of nitrogens with zero attached hydrogens (tertiary/aromatic N) is 3. The number of piperazine rings is 1. The zero-order valence-electron chi connectivity index (χ0n) is 10.8. The molecule has 3 nitrogen and oxygen atoms in total. The number of hydrogen-bond donors (Lipinski definition) is 0. The SMILES string of the molecule is CC1CN2CCCCC2CN1c1ccc(Br)cn1. The molecule has 4 heteroatoms. The van der Waals surface area contributed by atoms with Gasteiger partial charge < -0.3 is 4.90 Å². The summed E-state index contributed by atoms with van der Waals surface area (Å²) in [5, 5.41) is 0. The van der Waals surface area contributed by atoms with Gasteiger partial charge in [-0.05, 0) is 54.4 Å². The molecule has 0 bridgehead atoms. The molecule has 98 valence electrons. The predicted molar refractivity (Wildman–Crippen MR) is 78.0 cm³/mol. The van der Waals surface area contributed by atoms with E-state index in [4.69, 9.17) is 0 Å². The van der Waals surface area contributed by atoms with Crippen molar-refractivity contribution in [3.05, 3.63) is 22.8 Å². The molecule has 0 spiro atoms. The molecule has 0 radical (unpaired) electrons. The molecule has 2 aliphatic heterocycles. The van der Waals surface area contributed by atoms with Crippen LogP contribution in [0.25, 0.3) is 0 Å². The lowest BCUT2D eigenvalue weighted by Crippen LogP contribution is -2.59. The summed E-state index contributed by atoms with van der Waals surface area (Å²) in [6.45, 7) is 5.92. The largest absolute Gasteiger partial charge is 0.351 e. The highest BCUT2D eigenvalue weighted by molar-refractivity contribution is 9.10. The molecule has 0 aliphatic carbocycles. The average molecular weight is 310 g/mol. The van der Waals surface area contributed by atoms with Gasteiger partial charge in [-0.2, -0.15) is 0 Å². The zero-order valence-corrected chi connectivity index (χ0v) is 12.4. The number of anilines is 1. The van der Waals surface area contributed by atoms with Gasteiger partial charge in [0.05, 0.1) is 0 Å². The van der Waals surface area contributed by atoms with E-state index in [-0.39, 0.29) is 0 Å². The molecule has 3 heterocycles. The van der Waals surface area contributed by atoms with Crippen LogP contribution in [0.5, 0.6) is 0 Å². The van der Waals surface area contributed by atoms with Crippen LogP contribution < -0.4 is 4.90 Å². The van der Waals surface area contributed by atoms with Gasteiger partial charge in [-0.1, -0.05) is 6.42 Å². The molecule has 2 unspecified atom stereocenters. The summed E-state index contributed by atoms with van der Waals surface area (Å²) in [5.74, 6) is 1.12. The lowest BCUT2D eigenvalue weighted by Gasteiger charge is -2.48. The maximum Gasteiger partial charge on any atom is 0.128 e. The lowest BCUT2D eigenvalue weighted by molar-refractivity contribution is 0.115. The minimum Gasteiger partial charge on any atom is -0.351 e. The van der Waals surface area contributed by atoms with Crippen LogP contribution in [0.4, 0.5) is 5.82 Å². The van der Waals surface area contributed by atoms with Crippen LogP contribution in [0.2, 0.25) is 0 Å². The maximum atomic E-state index is 4.55. The molecule has 0 amide bonds. The molecule has 2 atom stereocenters. The molecule has 2 fully saturated rings. The average Bonchev–Trinajstić information content (AvgIpc) is 2.39. The molecule has 0 saturated carbocycles. The van der Waals surface area contributed by atoms with E-state index in [1.54, 1.807) is 0 Å². The normalized spacial score (nSPS) is 29.1. The molecule has 1 aromatic heterocycles. The van der Waals surface area contributed by atoms with Gasteiger partial charge in [-0.25, -0.2) is 4.98 Å². The van der Waals surface area contributed by atoms with Gasteiger partial charge in [0.2, 0.25) is 0 Å². The van der Waals surface area contributed by atoms with Crippen molar-refractivity contribution in [2.75, 3.05) is 24.5 Å². The Morgan fingerprint density at radius 3 is 2.94 bits per heavy atom. The summed E-state index contributed by atoms with van der Waals surface area (Å²) in [6, 6.07) is 5.51. The first-order valence-electron chi connectivity index (χ1n) is 6.86. The van der Waals surface area contributed by atoms with Gasteiger partial charge in [-0.15, -0.1) is 0 Å². The van der Waals surface area contributed by atoms with Crippen LogP contribution in [0.1, 0.15) is 26.2 Å². The van der Waals surface area contributed by atoms with Gasteiger partial charge >= 0.3 is 0 Å². The molecule has 0 N–H and O–H groups in total. The quantitative estimate of drug-likeness (QED) is 0.795.